The van der Waals surface area contributed by atoms with Crippen LogP contribution < -0.4 is 14.4 Å². The first-order valence-electron chi connectivity index (χ1n) is 12.0. The molecule has 1 aliphatic heterocycles. The van der Waals surface area contributed by atoms with Crippen molar-refractivity contribution >= 4 is 48.9 Å². The summed E-state index contributed by atoms with van der Waals surface area (Å²) in [5, 5.41) is 0. The van der Waals surface area contributed by atoms with Gasteiger partial charge < -0.3 is 14.4 Å². The minimum absolute atomic E-state index is 0.632. The van der Waals surface area contributed by atoms with E-state index in [0.29, 0.717) is 0 Å². The molecule has 36 heavy (non-hydrogen) atoms. The number of benzene rings is 4. The summed E-state index contributed by atoms with van der Waals surface area (Å²) in [5.74, 6) is 0.936. The van der Waals surface area contributed by atoms with Crippen LogP contribution in [0, 0.1) is 27.7 Å². The van der Waals surface area contributed by atoms with Crippen LogP contribution in [0.3, 0.4) is 0 Å². The summed E-state index contributed by atoms with van der Waals surface area (Å²) in [6, 6.07) is 23.8. The largest absolute Gasteiger partial charge is 0.449 e. The monoisotopic (exact) mass is 605 g/mol. The van der Waals surface area contributed by atoms with Crippen LogP contribution in [0.1, 0.15) is 36.1 Å². The Morgan fingerprint density at radius 3 is 1.50 bits per heavy atom. The van der Waals surface area contributed by atoms with Gasteiger partial charge in [0.1, 0.15) is 0 Å². The van der Waals surface area contributed by atoms with Crippen LogP contribution in [0.2, 0.25) is 0 Å². The third kappa shape index (κ3) is 4.67. The highest BCUT2D eigenvalue weighted by atomic mass is 79.9. The third-order valence-corrected chi connectivity index (χ3v) is 8.97. The highest BCUT2D eigenvalue weighted by Gasteiger charge is 2.31. The molecular formula is C31H29Br2NO2. The van der Waals surface area contributed by atoms with Crippen LogP contribution in [0.25, 0.3) is 11.1 Å². The third-order valence-electron chi connectivity index (χ3n) is 6.47. The topological polar surface area (TPSA) is 21.7 Å². The standard InChI is InChI=1S/C31H29Br2NO2/c1-18-13-25(14-19(2)29(18)32)34(26-15-20(3)30(33)21(4)16-26)24-10-7-22(8-11-24)23-9-12-27-28(17-23)36-31(5,6)35-27/h7-17H,1-6H3. The first-order chi connectivity index (χ1) is 17.0. The van der Waals surface area contributed by atoms with Gasteiger partial charge in [-0.15, -0.1) is 0 Å². The lowest BCUT2D eigenvalue weighted by Gasteiger charge is -2.28. The average Bonchev–Trinajstić information content (AvgIpc) is 3.14. The van der Waals surface area contributed by atoms with Crippen LogP contribution in [0.15, 0.2) is 75.7 Å². The number of hydrogen-bond acceptors (Lipinski definition) is 3. The van der Waals surface area contributed by atoms with Crippen LogP contribution in [0.4, 0.5) is 17.1 Å². The highest BCUT2D eigenvalue weighted by Crippen LogP contribution is 2.43. The lowest BCUT2D eigenvalue weighted by Crippen LogP contribution is -2.29. The smallest absolute Gasteiger partial charge is 0.246 e. The van der Waals surface area contributed by atoms with Crippen LogP contribution >= 0.6 is 31.9 Å². The second kappa shape index (κ2) is 9.28. The van der Waals surface area contributed by atoms with Gasteiger partial charge in [-0.05, 0) is 110 Å². The van der Waals surface area contributed by atoms with Gasteiger partial charge >= 0.3 is 0 Å². The minimum Gasteiger partial charge on any atom is -0.449 e. The summed E-state index contributed by atoms with van der Waals surface area (Å²) in [6.45, 7) is 12.4. The van der Waals surface area contributed by atoms with E-state index in [1.54, 1.807) is 0 Å². The van der Waals surface area contributed by atoms with E-state index >= 15 is 0 Å². The Kier molecular flexibility index (Phi) is 6.42. The van der Waals surface area contributed by atoms with E-state index in [0.717, 1.165) is 48.6 Å². The molecule has 0 aromatic heterocycles. The van der Waals surface area contributed by atoms with Gasteiger partial charge in [0.05, 0.1) is 0 Å². The van der Waals surface area contributed by atoms with Crippen molar-refractivity contribution in [1.29, 1.82) is 0 Å². The Morgan fingerprint density at radius 1 is 0.556 bits per heavy atom. The van der Waals surface area contributed by atoms with Crippen molar-refractivity contribution in [1.82, 2.24) is 0 Å². The lowest BCUT2D eigenvalue weighted by atomic mass is 10.0. The summed E-state index contributed by atoms with van der Waals surface area (Å²) >= 11 is 7.45. The number of hydrogen-bond donors (Lipinski definition) is 0. The Hall–Kier alpha value is -2.76. The Labute approximate surface area is 230 Å². The molecule has 3 nitrogen and oxygen atoms in total. The first-order valence-corrected chi connectivity index (χ1v) is 13.6. The molecule has 0 saturated heterocycles. The molecule has 4 aromatic rings. The lowest BCUT2D eigenvalue weighted by molar-refractivity contribution is -0.0431. The molecule has 0 unspecified atom stereocenters. The second-order valence-corrected chi connectivity index (χ2v) is 11.5. The molecule has 4 aromatic carbocycles. The van der Waals surface area contributed by atoms with E-state index in [2.05, 4.69) is 125 Å². The first kappa shape index (κ1) is 24.9. The molecule has 0 N–H and O–H groups in total. The van der Waals surface area contributed by atoms with Gasteiger partial charge in [0.2, 0.25) is 5.79 Å². The number of nitrogens with zero attached hydrogens (tertiary/aromatic N) is 1. The van der Waals surface area contributed by atoms with Crippen molar-refractivity contribution < 1.29 is 9.47 Å². The highest BCUT2D eigenvalue weighted by molar-refractivity contribution is 9.10. The summed E-state index contributed by atoms with van der Waals surface area (Å²) in [4.78, 5) is 2.32. The van der Waals surface area contributed by atoms with Crippen molar-refractivity contribution in [2.75, 3.05) is 4.90 Å². The van der Waals surface area contributed by atoms with Crippen LogP contribution in [-0.2, 0) is 0 Å². The molecule has 5 rings (SSSR count). The van der Waals surface area contributed by atoms with E-state index in [1.807, 2.05) is 19.9 Å². The summed E-state index contributed by atoms with van der Waals surface area (Å²) in [7, 11) is 0. The van der Waals surface area contributed by atoms with Crippen molar-refractivity contribution in [3.8, 4) is 22.6 Å². The van der Waals surface area contributed by atoms with Gasteiger partial charge in [-0.3, -0.25) is 0 Å². The van der Waals surface area contributed by atoms with Crippen molar-refractivity contribution in [2.24, 2.45) is 0 Å². The summed E-state index contributed by atoms with van der Waals surface area (Å²) < 4.78 is 14.1. The Balaban J connectivity index is 1.58. The number of rotatable bonds is 4. The Morgan fingerprint density at radius 2 is 1.00 bits per heavy atom. The van der Waals surface area contributed by atoms with Crippen LogP contribution in [0.5, 0.6) is 11.5 Å². The van der Waals surface area contributed by atoms with E-state index in [9.17, 15) is 0 Å². The van der Waals surface area contributed by atoms with E-state index < -0.39 is 5.79 Å². The molecule has 0 saturated carbocycles. The predicted molar refractivity (Wildman–Crippen MR) is 156 cm³/mol. The quantitative estimate of drug-likeness (QED) is 0.231. The maximum Gasteiger partial charge on any atom is 0.246 e. The van der Waals surface area contributed by atoms with Gasteiger partial charge in [-0.25, -0.2) is 0 Å². The molecule has 0 bridgehead atoms. The molecule has 1 heterocycles. The zero-order chi connectivity index (χ0) is 25.8. The molecule has 0 spiro atoms. The molecule has 1 aliphatic rings. The fourth-order valence-electron chi connectivity index (χ4n) is 4.76. The maximum absolute atomic E-state index is 5.96. The van der Waals surface area contributed by atoms with E-state index in [4.69, 9.17) is 9.47 Å². The fraction of sp³-hybridized carbons (Fsp3) is 0.226. The normalized spacial score (nSPS) is 13.7. The Bertz CT molecular complexity index is 1370. The fourth-order valence-corrected chi connectivity index (χ4v) is 5.21. The second-order valence-electron chi connectivity index (χ2n) is 9.93. The minimum atomic E-state index is -0.632. The number of ether oxygens (including phenoxy) is 2. The van der Waals surface area contributed by atoms with Crippen molar-refractivity contribution in [3.05, 3.63) is 97.9 Å². The number of anilines is 3. The summed E-state index contributed by atoms with van der Waals surface area (Å²) in [6.07, 6.45) is 0. The number of fused-ring (bicyclic) bond motifs is 1. The van der Waals surface area contributed by atoms with Gasteiger partial charge in [-0.1, -0.05) is 50.1 Å². The molecule has 0 radical (unpaired) electrons. The van der Waals surface area contributed by atoms with Crippen molar-refractivity contribution in [2.45, 2.75) is 47.3 Å². The zero-order valence-corrected chi connectivity index (χ0v) is 24.5. The van der Waals surface area contributed by atoms with Gasteiger partial charge in [0, 0.05) is 39.9 Å². The zero-order valence-electron chi connectivity index (χ0n) is 21.4. The molecular weight excluding hydrogens is 578 g/mol. The molecule has 0 amide bonds. The molecule has 0 fully saturated rings. The SMILES string of the molecule is Cc1cc(N(c2ccc(-c3ccc4c(c3)OC(C)(C)O4)cc2)c2cc(C)c(Br)c(C)c2)cc(C)c1Br. The van der Waals surface area contributed by atoms with E-state index in [-0.39, 0.29) is 0 Å². The predicted octanol–water partition coefficient (Wildman–Crippen LogP) is 10.1. The van der Waals surface area contributed by atoms with Gasteiger partial charge in [0.15, 0.2) is 11.5 Å². The molecule has 0 atom stereocenters. The van der Waals surface area contributed by atoms with Crippen LogP contribution in [-0.4, -0.2) is 5.79 Å². The number of aryl methyl sites for hydroxylation is 4. The molecule has 0 aliphatic carbocycles. The average molecular weight is 607 g/mol. The molecule has 5 heteroatoms. The number of halogens is 2. The maximum atomic E-state index is 5.96. The summed E-state index contributed by atoms with van der Waals surface area (Å²) in [5.41, 5.74) is 10.4. The van der Waals surface area contributed by atoms with E-state index in [1.165, 1.54) is 22.3 Å². The van der Waals surface area contributed by atoms with Gasteiger partial charge in [0.25, 0.3) is 0 Å². The molecule has 184 valence electrons. The van der Waals surface area contributed by atoms with Crippen molar-refractivity contribution in [3.63, 3.8) is 0 Å². The van der Waals surface area contributed by atoms with Gasteiger partial charge in [-0.2, -0.15) is 0 Å².